The van der Waals surface area contributed by atoms with Gasteiger partial charge >= 0.3 is 0 Å². The van der Waals surface area contributed by atoms with Crippen molar-refractivity contribution in [3.63, 3.8) is 0 Å². The molecule has 1 rings (SSSR count). The first-order valence-electron chi connectivity index (χ1n) is 5.78. The smallest absolute Gasteiger partial charge is 0.202 e. The van der Waals surface area contributed by atoms with Crippen molar-refractivity contribution in [3.8, 4) is 0 Å². The average molecular weight is 344 g/mol. The summed E-state index contributed by atoms with van der Waals surface area (Å²) in [6, 6.07) is 6.66. The Morgan fingerprint density at radius 2 is 1.68 bits per heavy atom. The molecule has 0 saturated heterocycles. The molecule has 19 heavy (non-hydrogen) atoms. The van der Waals surface area contributed by atoms with Crippen molar-refractivity contribution < 1.29 is 8.42 Å². The van der Waals surface area contributed by atoms with E-state index < -0.39 is 9.84 Å². The number of nitrogens with zero attached hydrogens (tertiary/aromatic N) is 1. The van der Waals surface area contributed by atoms with Crippen LogP contribution < -0.4 is 0 Å². The molecule has 0 fully saturated rings. The van der Waals surface area contributed by atoms with Gasteiger partial charge in [0, 0.05) is 23.5 Å². The molecule has 3 nitrogen and oxygen atoms in total. The van der Waals surface area contributed by atoms with E-state index in [1.54, 1.807) is 44.2 Å². The molecule has 0 saturated carbocycles. The number of allylic oxidation sites excluding steroid dienone is 3. The van der Waals surface area contributed by atoms with Crippen LogP contribution in [-0.2, 0) is 9.84 Å². The van der Waals surface area contributed by atoms with E-state index in [1.807, 2.05) is 25.2 Å². The molecule has 0 heterocycles. The maximum Gasteiger partial charge on any atom is 0.202 e. The van der Waals surface area contributed by atoms with Crippen LogP contribution in [0.1, 0.15) is 13.8 Å². The molecule has 0 aromatic heterocycles. The monoisotopic (exact) mass is 343 g/mol. The van der Waals surface area contributed by atoms with Crippen LogP contribution in [-0.4, -0.2) is 27.4 Å². The molecule has 104 valence electrons. The second-order valence-electron chi connectivity index (χ2n) is 4.48. The van der Waals surface area contributed by atoms with Gasteiger partial charge in [0.15, 0.2) is 0 Å². The third kappa shape index (κ3) is 4.21. The highest BCUT2D eigenvalue weighted by atomic mass is 79.9. The third-order valence-corrected chi connectivity index (χ3v) is 5.25. The molecule has 0 amide bonds. The number of halogens is 1. The average Bonchev–Trinajstić information content (AvgIpc) is 2.35. The standard InChI is InChI=1S/C14H18BrNO2S/c1-11(9-10-16(3)4)12(2)19(17,18)14-7-5-13(15)6-8-14/h5-10H,1-4H3/b10-9-,12-11+. The molecule has 0 atom stereocenters. The molecular weight excluding hydrogens is 326 g/mol. The molecule has 0 N–H and O–H groups in total. The molecule has 0 spiro atoms. The lowest BCUT2D eigenvalue weighted by molar-refractivity contribution is 0.563. The summed E-state index contributed by atoms with van der Waals surface area (Å²) in [5, 5.41) is 0. The van der Waals surface area contributed by atoms with E-state index in [9.17, 15) is 8.42 Å². The Kier molecular flexibility index (Phi) is 5.38. The summed E-state index contributed by atoms with van der Waals surface area (Å²) in [7, 11) is 0.369. The number of sulfone groups is 1. The Balaban J connectivity index is 3.19. The summed E-state index contributed by atoms with van der Waals surface area (Å²) in [6.45, 7) is 3.43. The van der Waals surface area contributed by atoms with Gasteiger partial charge in [-0.3, -0.25) is 0 Å². The predicted octanol–water partition coefficient (Wildman–Crippen LogP) is 3.59. The van der Waals surface area contributed by atoms with Gasteiger partial charge in [-0.2, -0.15) is 0 Å². The summed E-state index contributed by atoms with van der Waals surface area (Å²) in [6.07, 6.45) is 3.63. The summed E-state index contributed by atoms with van der Waals surface area (Å²) in [5.41, 5.74) is 0.733. The van der Waals surface area contributed by atoms with Gasteiger partial charge in [0.25, 0.3) is 0 Å². The fourth-order valence-corrected chi connectivity index (χ4v) is 2.98. The molecule has 5 heteroatoms. The lowest BCUT2D eigenvalue weighted by Crippen LogP contribution is -2.05. The Morgan fingerprint density at radius 1 is 1.16 bits per heavy atom. The van der Waals surface area contributed by atoms with Crippen molar-refractivity contribution in [2.24, 2.45) is 0 Å². The van der Waals surface area contributed by atoms with Gasteiger partial charge in [0.05, 0.1) is 4.90 Å². The quantitative estimate of drug-likeness (QED) is 0.784. The molecule has 0 aliphatic rings. The molecule has 0 radical (unpaired) electrons. The summed E-state index contributed by atoms with van der Waals surface area (Å²) < 4.78 is 25.7. The Hall–Kier alpha value is -1.07. The van der Waals surface area contributed by atoms with Crippen molar-refractivity contribution in [2.75, 3.05) is 14.1 Å². The largest absolute Gasteiger partial charge is 0.383 e. The normalized spacial score (nSPS) is 13.5. The van der Waals surface area contributed by atoms with Crippen LogP contribution in [0.15, 0.2) is 56.4 Å². The second kappa shape index (κ2) is 6.39. The molecular formula is C14H18BrNO2S. The van der Waals surface area contributed by atoms with Crippen LogP contribution >= 0.6 is 15.9 Å². The zero-order valence-corrected chi connectivity index (χ0v) is 13.9. The first-order chi connectivity index (χ1) is 8.75. The minimum absolute atomic E-state index is 0.311. The van der Waals surface area contributed by atoms with Gasteiger partial charge in [-0.1, -0.05) is 15.9 Å². The maximum atomic E-state index is 12.4. The molecule has 0 aliphatic heterocycles. The Bertz CT molecular complexity index is 599. The van der Waals surface area contributed by atoms with Gasteiger partial charge in [0.2, 0.25) is 9.84 Å². The third-order valence-electron chi connectivity index (χ3n) is 2.71. The van der Waals surface area contributed by atoms with Crippen LogP contribution in [0, 0.1) is 0 Å². The lowest BCUT2D eigenvalue weighted by Gasteiger charge is -2.08. The first-order valence-corrected chi connectivity index (χ1v) is 8.05. The molecule has 0 bridgehead atoms. The van der Waals surface area contributed by atoms with Crippen LogP contribution in [0.2, 0.25) is 0 Å². The van der Waals surface area contributed by atoms with E-state index >= 15 is 0 Å². The van der Waals surface area contributed by atoms with Crippen LogP contribution in [0.4, 0.5) is 0 Å². The fraction of sp³-hybridized carbons (Fsp3) is 0.286. The second-order valence-corrected chi connectivity index (χ2v) is 7.48. The van der Waals surface area contributed by atoms with Gasteiger partial charge in [-0.05, 0) is 56.0 Å². The van der Waals surface area contributed by atoms with Crippen molar-refractivity contribution in [1.82, 2.24) is 4.90 Å². The molecule has 0 unspecified atom stereocenters. The summed E-state index contributed by atoms with van der Waals surface area (Å²) in [4.78, 5) is 2.54. The first kappa shape index (κ1) is 16.0. The van der Waals surface area contributed by atoms with E-state index in [0.29, 0.717) is 9.80 Å². The summed E-state index contributed by atoms with van der Waals surface area (Å²) in [5.74, 6) is 0. The number of rotatable bonds is 4. The SMILES string of the molecule is CC(/C=C\N(C)C)=C(/C)S(=O)(=O)c1ccc(Br)cc1. The van der Waals surface area contributed by atoms with Gasteiger partial charge in [-0.25, -0.2) is 8.42 Å². The minimum atomic E-state index is -3.41. The number of benzene rings is 1. The maximum absolute atomic E-state index is 12.4. The zero-order chi connectivity index (χ0) is 14.6. The molecule has 1 aromatic carbocycles. The van der Waals surface area contributed by atoms with E-state index in [1.165, 1.54) is 0 Å². The van der Waals surface area contributed by atoms with Gasteiger partial charge in [-0.15, -0.1) is 0 Å². The fourth-order valence-electron chi connectivity index (χ4n) is 1.38. The van der Waals surface area contributed by atoms with E-state index in [2.05, 4.69) is 15.9 Å². The van der Waals surface area contributed by atoms with Crippen molar-refractivity contribution in [2.45, 2.75) is 18.7 Å². The van der Waals surface area contributed by atoms with Crippen molar-refractivity contribution >= 4 is 25.8 Å². The van der Waals surface area contributed by atoms with Crippen LogP contribution in [0.5, 0.6) is 0 Å². The van der Waals surface area contributed by atoms with Crippen LogP contribution in [0.3, 0.4) is 0 Å². The summed E-state index contributed by atoms with van der Waals surface area (Å²) >= 11 is 3.30. The van der Waals surface area contributed by atoms with Gasteiger partial charge < -0.3 is 4.90 Å². The van der Waals surface area contributed by atoms with Gasteiger partial charge in [0.1, 0.15) is 0 Å². The Morgan fingerprint density at radius 3 is 2.16 bits per heavy atom. The number of hydrogen-bond donors (Lipinski definition) is 0. The lowest BCUT2D eigenvalue weighted by atomic mass is 10.3. The van der Waals surface area contributed by atoms with Crippen molar-refractivity contribution in [3.05, 3.63) is 51.5 Å². The Labute approximate surface area is 123 Å². The molecule has 0 aliphatic carbocycles. The predicted molar refractivity (Wildman–Crippen MR) is 82.5 cm³/mol. The zero-order valence-electron chi connectivity index (χ0n) is 11.5. The minimum Gasteiger partial charge on any atom is -0.383 e. The molecule has 1 aromatic rings. The van der Waals surface area contributed by atoms with E-state index in [-0.39, 0.29) is 0 Å². The van der Waals surface area contributed by atoms with E-state index in [4.69, 9.17) is 0 Å². The highest BCUT2D eigenvalue weighted by Crippen LogP contribution is 2.23. The topological polar surface area (TPSA) is 37.4 Å². The van der Waals surface area contributed by atoms with Crippen molar-refractivity contribution in [1.29, 1.82) is 0 Å². The highest BCUT2D eigenvalue weighted by Gasteiger charge is 2.18. The number of hydrogen-bond acceptors (Lipinski definition) is 3. The van der Waals surface area contributed by atoms with Crippen LogP contribution in [0.25, 0.3) is 0 Å². The van der Waals surface area contributed by atoms with E-state index in [0.717, 1.165) is 10.0 Å². The highest BCUT2D eigenvalue weighted by molar-refractivity contribution is 9.10.